The normalized spacial score (nSPS) is 11.8. The molecule has 2 N–H and O–H groups in total. The molecule has 0 aliphatic carbocycles. The molecule has 2 rings (SSSR count). The molecule has 8 heteroatoms. The summed E-state index contributed by atoms with van der Waals surface area (Å²) in [6.45, 7) is 8.60. The minimum Gasteiger partial charge on any atom is -0.357 e. The van der Waals surface area contributed by atoms with Crippen LogP contribution in [0, 0.1) is 5.41 Å². The van der Waals surface area contributed by atoms with Crippen LogP contribution in [0.2, 0.25) is 5.02 Å². The molecule has 26 heavy (non-hydrogen) atoms. The van der Waals surface area contributed by atoms with E-state index in [-0.39, 0.29) is 29.4 Å². The molecule has 0 atom stereocenters. The van der Waals surface area contributed by atoms with Crippen LogP contribution in [0.25, 0.3) is 0 Å². The van der Waals surface area contributed by atoms with Crippen LogP contribution in [-0.2, 0) is 20.0 Å². The van der Waals surface area contributed by atoms with E-state index in [9.17, 15) is 0 Å². The molecule has 0 radical (unpaired) electrons. The molecule has 144 valence electrons. The maximum atomic E-state index is 6.09. The van der Waals surface area contributed by atoms with Crippen molar-refractivity contribution in [1.82, 2.24) is 25.4 Å². The predicted molar refractivity (Wildman–Crippen MR) is 118 cm³/mol. The van der Waals surface area contributed by atoms with Gasteiger partial charge in [-0.2, -0.15) is 0 Å². The van der Waals surface area contributed by atoms with Crippen molar-refractivity contribution in [2.24, 2.45) is 17.5 Å². The zero-order chi connectivity index (χ0) is 18.3. The first kappa shape index (κ1) is 22.7. The number of hydrogen-bond donors (Lipinski definition) is 2. The highest BCUT2D eigenvalue weighted by Crippen LogP contribution is 2.22. The second kappa shape index (κ2) is 10.7. The quantitative estimate of drug-likeness (QED) is 0.355. The molecule has 0 bridgehead atoms. The van der Waals surface area contributed by atoms with Crippen LogP contribution in [0.1, 0.15) is 32.2 Å². The summed E-state index contributed by atoms with van der Waals surface area (Å²) < 4.78 is 1.87. The Bertz CT molecular complexity index is 713. The minimum absolute atomic E-state index is 0. The van der Waals surface area contributed by atoms with Gasteiger partial charge in [0.05, 0.1) is 0 Å². The Morgan fingerprint density at radius 1 is 1.31 bits per heavy atom. The molecule has 0 aliphatic rings. The van der Waals surface area contributed by atoms with Gasteiger partial charge in [-0.1, -0.05) is 37.6 Å². The Balaban J connectivity index is 0.00000338. The maximum absolute atomic E-state index is 6.09. The third kappa shape index (κ3) is 7.49. The molecular formula is C18H28ClIN6. The van der Waals surface area contributed by atoms with Crippen molar-refractivity contribution in [2.45, 2.75) is 33.7 Å². The minimum atomic E-state index is 0. The third-order valence-electron chi connectivity index (χ3n) is 3.83. The first-order valence-corrected chi connectivity index (χ1v) is 8.87. The number of aryl methyl sites for hydroxylation is 1. The molecular weight excluding hydrogens is 463 g/mol. The van der Waals surface area contributed by atoms with E-state index in [1.165, 1.54) is 5.56 Å². The highest BCUT2D eigenvalue weighted by atomic mass is 127. The van der Waals surface area contributed by atoms with Crippen molar-refractivity contribution >= 4 is 41.5 Å². The first-order valence-electron chi connectivity index (χ1n) is 8.49. The summed E-state index contributed by atoms with van der Waals surface area (Å²) in [4.78, 5) is 4.59. The number of aromatic nitrogens is 3. The van der Waals surface area contributed by atoms with Crippen molar-refractivity contribution in [2.75, 3.05) is 13.1 Å². The molecule has 0 aliphatic heterocycles. The number of halogens is 2. The molecule has 0 saturated heterocycles. The van der Waals surface area contributed by atoms with Gasteiger partial charge in [-0.05, 0) is 36.5 Å². The number of guanidine groups is 1. The molecule has 1 aromatic heterocycles. The van der Waals surface area contributed by atoms with Crippen molar-refractivity contribution in [3.63, 3.8) is 0 Å². The lowest BCUT2D eigenvalue weighted by atomic mass is 9.86. The molecule has 0 spiro atoms. The standard InChI is InChI=1S/C18H27ClN6.HI/c1-5-20-17(21-11-16-24-23-13-25(16)4)22-12-18(2,3)10-14-7-6-8-15(19)9-14;/h6-9,13H,5,10-12H2,1-4H3,(H2,20,21,22);1H. The summed E-state index contributed by atoms with van der Waals surface area (Å²) in [5.41, 5.74) is 1.30. The van der Waals surface area contributed by atoms with E-state index in [1.54, 1.807) is 6.33 Å². The van der Waals surface area contributed by atoms with Gasteiger partial charge in [-0.3, -0.25) is 0 Å². The van der Waals surface area contributed by atoms with Crippen molar-refractivity contribution < 1.29 is 0 Å². The monoisotopic (exact) mass is 490 g/mol. The van der Waals surface area contributed by atoms with Gasteiger partial charge in [0.15, 0.2) is 11.8 Å². The number of benzene rings is 1. The largest absolute Gasteiger partial charge is 0.357 e. The topological polar surface area (TPSA) is 67.1 Å². The second-order valence-electron chi connectivity index (χ2n) is 6.88. The van der Waals surface area contributed by atoms with Crippen LogP contribution in [0.3, 0.4) is 0 Å². The fourth-order valence-corrected chi connectivity index (χ4v) is 2.74. The summed E-state index contributed by atoms with van der Waals surface area (Å²) in [5.74, 6) is 1.61. The number of nitrogens with zero attached hydrogens (tertiary/aromatic N) is 4. The van der Waals surface area contributed by atoms with Gasteiger partial charge in [0.25, 0.3) is 0 Å². The average molecular weight is 491 g/mol. The Morgan fingerprint density at radius 3 is 2.69 bits per heavy atom. The fraction of sp³-hybridized carbons (Fsp3) is 0.500. The molecule has 0 unspecified atom stereocenters. The first-order chi connectivity index (χ1) is 11.9. The van der Waals surface area contributed by atoms with Crippen LogP contribution in [-0.4, -0.2) is 33.8 Å². The van der Waals surface area contributed by atoms with Gasteiger partial charge < -0.3 is 15.2 Å². The van der Waals surface area contributed by atoms with Crippen LogP contribution < -0.4 is 10.6 Å². The highest BCUT2D eigenvalue weighted by Gasteiger charge is 2.19. The molecule has 0 saturated carbocycles. The summed E-state index contributed by atoms with van der Waals surface area (Å²) in [5, 5.41) is 15.4. The average Bonchev–Trinajstić information content (AvgIpc) is 2.95. The summed E-state index contributed by atoms with van der Waals surface area (Å²) in [6.07, 6.45) is 2.61. The molecule has 1 heterocycles. The van der Waals surface area contributed by atoms with Crippen LogP contribution in [0.5, 0.6) is 0 Å². The van der Waals surface area contributed by atoms with Gasteiger partial charge in [-0.15, -0.1) is 34.2 Å². The Morgan fingerprint density at radius 2 is 2.08 bits per heavy atom. The highest BCUT2D eigenvalue weighted by molar-refractivity contribution is 14.0. The van der Waals surface area contributed by atoms with Gasteiger partial charge in [0, 0.05) is 25.2 Å². The maximum Gasteiger partial charge on any atom is 0.191 e. The second-order valence-corrected chi connectivity index (χ2v) is 7.31. The van der Waals surface area contributed by atoms with Gasteiger partial charge in [-0.25, -0.2) is 4.99 Å². The fourth-order valence-electron chi connectivity index (χ4n) is 2.53. The Labute approximate surface area is 177 Å². The van der Waals surface area contributed by atoms with Gasteiger partial charge in [0.2, 0.25) is 0 Å². The van der Waals surface area contributed by atoms with Gasteiger partial charge >= 0.3 is 0 Å². The molecule has 6 nitrogen and oxygen atoms in total. The number of nitrogens with one attached hydrogen (secondary N) is 2. The van der Waals surface area contributed by atoms with Crippen LogP contribution in [0.15, 0.2) is 35.6 Å². The van der Waals surface area contributed by atoms with Crippen molar-refractivity contribution in [1.29, 1.82) is 0 Å². The van der Waals surface area contributed by atoms with E-state index in [4.69, 9.17) is 11.6 Å². The van der Waals surface area contributed by atoms with E-state index in [0.717, 1.165) is 36.3 Å². The Kier molecular flexibility index (Phi) is 9.35. The summed E-state index contributed by atoms with van der Waals surface area (Å²) in [6, 6.07) is 8.03. The lowest BCUT2D eigenvalue weighted by molar-refractivity contribution is 0.359. The Hall–Kier alpha value is -1.35. The zero-order valence-corrected chi connectivity index (χ0v) is 18.9. The van der Waals surface area contributed by atoms with E-state index < -0.39 is 0 Å². The molecule has 2 aromatic rings. The molecule has 0 fully saturated rings. The third-order valence-corrected chi connectivity index (χ3v) is 4.07. The molecule has 1 aromatic carbocycles. The van der Waals surface area contributed by atoms with E-state index in [2.05, 4.69) is 52.7 Å². The SMILES string of the molecule is CCNC(=NCc1nncn1C)NCC(C)(C)Cc1cccc(Cl)c1.I. The van der Waals surface area contributed by atoms with E-state index in [1.807, 2.05) is 29.8 Å². The van der Waals surface area contributed by atoms with Crippen molar-refractivity contribution in [3.8, 4) is 0 Å². The van der Waals surface area contributed by atoms with Gasteiger partial charge in [0.1, 0.15) is 12.9 Å². The van der Waals surface area contributed by atoms with Crippen molar-refractivity contribution in [3.05, 3.63) is 47.0 Å². The zero-order valence-electron chi connectivity index (χ0n) is 15.8. The summed E-state index contributed by atoms with van der Waals surface area (Å²) in [7, 11) is 1.92. The van der Waals surface area contributed by atoms with Crippen LogP contribution >= 0.6 is 35.6 Å². The number of aliphatic imine (C=N–C) groups is 1. The smallest absolute Gasteiger partial charge is 0.191 e. The lowest BCUT2D eigenvalue weighted by Crippen LogP contribution is -2.42. The van der Waals surface area contributed by atoms with E-state index in [0.29, 0.717) is 6.54 Å². The summed E-state index contributed by atoms with van der Waals surface area (Å²) >= 11 is 6.09. The van der Waals surface area contributed by atoms with Crippen LogP contribution in [0.4, 0.5) is 0 Å². The predicted octanol–water partition coefficient (Wildman–Crippen LogP) is 3.41. The number of rotatable bonds is 7. The number of hydrogen-bond acceptors (Lipinski definition) is 3. The van der Waals surface area contributed by atoms with E-state index >= 15 is 0 Å². The lowest BCUT2D eigenvalue weighted by Gasteiger charge is -2.26. The molecule has 0 amide bonds.